The first kappa shape index (κ1) is 14.6. The Morgan fingerprint density at radius 1 is 1.25 bits per heavy atom. The Morgan fingerprint density at radius 2 is 2.00 bits per heavy atom. The van der Waals surface area contributed by atoms with Gasteiger partial charge in [0.15, 0.2) is 6.61 Å². The van der Waals surface area contributed by atoms with Gasteiger partial charge in [-0.3, -0.25) is 4.98 Å². The quantitative estimate of drug-likeness (QED) is 0.915. The van der Waals surface area contributed by atoms with E-state index in [9.17, 15) is 13.2 Å². The molecule has 0 atom stereocenters. The van der Waals surface area contributed by atoms with E-state index in [4.69, 9.17) is 4.74 Å². The van der Waals surface area contributed by atoms with Crippen LogP contribution in [0.2, 0.25) is 0 Å². The number of hydrogen-bond donors (Lipinski definition) is 1. The highest BCUT2D eigenvalue weighted by Crippen LogP contribution is 2.27. The van der Waals surface area contributed by atoms with E-state index in [0.29, 0.717) is 23.1 Å². The van der Waals surface area contributed by atoms with Crippen LogP contribution in [0.1, 0.15) is 12.6 Å². The molecule has 0 radical (unpaired) electrons. The smallest absolute Gasteiger partial charge is 0.422 e. The minimum Gasteiger partial charge on any atom is -0.483 e. The van der Waals surface area contributed by atoms with Crippen LogP contribution in [0.15, 0.2) is 30.3 Å². The zero-order chi connectivity index (χ0) is 14.6. The molecule has 1 N–H and O–H groups in total. The summed E-state index contributed by atoms with van der Waals surface area (Å²) in [6, 6.07) is 8.54. The summed E-state index contributed by atoms with van der Waals surface area (Å²) in [6.07, 6.45) is -4.35. The summed E-state index contributed by atoms with van der Waals surface area (Å²) >= 11 is 0. The van der Waals surface area contributed by atoms with Crippen molar-refractivity contribution in [3.63, 3.8) is 0 Å². The third-order valence-electron chi connectivity index (χ3n) is 2.68. The van der Waals surface area contributed by atoms with Crippen LogP contribution in [-0.4, -0.2) is 24.3 Å². The zero-order valence-electron chi connectivity index (χ0n) is 11.0. The number of para-hydroxylation sites is 1. The molecule has 1 aromatic carbocycles. The van der Waals surface area contributed by atoms with Crippen molar-refractivity contribution in [2.45, 2.75) is 19.6 Å². The monoisotopic (exact) mass is 284 g/mol. The molecule has 0 aliphatic heterocycles. The molecule has 0 unspecified atom stereocenters. The van der Waals surface area contributed by atoms with E-state index in [1.807, 2.05) is 6.92 Å². The van der Waals surface area contributed by atoms with E-state index in [-0.39, 0.29) is 5.75 Å². The SMILES string of the molecule is CCNCc1cc(OCC(F)(F)F)c2ccccc2n1. The third kappa shape index (κ3) is 3.84. The summed E-state index contributed by atoms with van der Waals surface area (Å²) in [5, 5.41) is 3.67. The van der Waals surface area contributed by atoms with Crippen LogP contribution in [-0.2, 0) is 6.54 Å². The van der Waals surface area contributed by atoms with E-state index in [0.717, 1.165) is 6.54 Å². The maximum absolute atomic E-state index is 12.3. The molecule has 0 aliphatic rings. The molecule has 0 aliphatic carbocycles. The normalized spacial score (nSPS) is 11.8. The number of fused-ring (bicyclic) bond motifs is 1. The van der Waals surface area contributed by atoms with Crippen LogP contribution in [0.25, 0.3) is 10.9 Å². The molecule has 0 spiro atoms. The van der Waals surface area contributed by atoms with Gasteiger partial charge in [0.1, 0.15) is 5.75 Å². The fourth-order valence-electron chi connectivity index (χ4n) is 1.82. The highest BCUT2D eigenvalue weighted by atomic mass is 19.4. The van der Waals surface area contributed by atoms with Crippen molar-refractivity contribution in [3.8, 4) is 5.75 Å². The number of ether oxygens (including phenoxy) is 1. The van der Waals surface area contributed by atoms with Gasteiger partial charge < -0.3 is 10.1 Å². The van der Waals surface area contributed by atoms with Gasteiger partial charge in [-0.15, -0.1) is 0 Å². The third-order valence-corrected chi connectivity index (χ3v) is 2.68. The summed E-state index contributed by atoms with van der Waals surface area (Å²) in [6.45, 7) is 1.89. The Hall–Kier alpha value is -1.82. The predicted molar refractivity (Wildman–Crippen MR) is 70.7 cm³/mol. The van der Waals surface area contributed by atoms with Crippen molar-refractivity contribution in [3.05, 3.63) is 36.0 Å². The molecule has 0 fully saturated rings. The standard InChI is InChI=1S/C14H15F3N2O/c1-2-18-8-10-7-13(20-9-14(15,16)17)11-5-3-4-6-12(11)19-10/h3-7,18H,2,8-9H2,1H3. The molecule has 0 bridgehead atoms. The van der Waals surface area contributed by atoms with Crippen LogP contribution >= 0.6 is 0 Å². The van der Waals surface area contributed by atoms with Gasteiger partial charge in [0.05, 0.1) is 11.2 Å². The molecule has 108 valence electrons. The summed E-state index contributed by atoms with van der Waals surface area (Å²) in [7, 11) is 0. The maximum Gasteiger partial charge on any atom is 0.422 e. The second-order valence-electron chi connectivity index (χ2n) is 4.31. The fraction of sp³-hybridized carbons (Fsp3) is 0.357. The number of nitrogens with zero attached hydrogens (tertiary/aromatic N) is 1. The van der Waals surface area contributed by atoms with Crippen molar-refractivity contribution in [2.24, 2.45) is 0 Å². The summed E-state index contributed by atoms with van der Waals surface area (Å²) in [5.74, 6) is 0.209. The first-order chi connectivity index (χ1) is 9.49. The Kier molecular flexibility index (Phi) is 4.44. The van der Waals surface area contributed by atoms with Crippen molar-refractivity contribution >= 4 is 10.9 Å². The zero-order valence-corrected chi connectivity index (χ0v) is 11.0. The van der Waals surface area contributed by atoms with Crippen molar-refractivity contribution in [1.82, 2.24) is 10.3 Å². The highest BCUT2D eigenvalue weighted by Gasteiger charge is 2.28. The van der Waals surface area contributed by atoms with Gasteiger partial charge in [-0.2, -0.15) is 13.2 Å². The molecule has 0 amide bonds. The van der Waals surface area contributed by atoms with E-state index < -0.39 is 12.8 Å². The predicted octanol–water partition coefficient (Wildman–Crippen LogP) is 3.29. The summed E-state index contributed by atoms with van der Waals surface area (Å²) in [5.41, 5.74) is 1.28. The molecule has 6 heteroatoms. The number of alkyl halides is 3. The van der Waals surface area contributed by atoms with Crippen molar-refractivity contribution in [2.75, 3.05) is 13.2 Å². The van der Waals surface area contributed by atoms with Gasteiger partial charge in [-0.05, 0) is 18.7 Å². The van der Waals surface area contributed by atoms with Crippen LogP contribution in [0.3, 0.4) is 0 Å². The number of hydrogen-bond acceptors (Lipinski definition) is 3. The van der Waals surface area contributed by atoms with Crippen molar-refractivity contribution < 1.29 is 17.9 Å². The second kappa shape index (κ2) is 6.09. The average Bonchev–Trinajstić information content (AvgIpc) is 2.41. The van der Waals surface area contributed by atoms with E-state index in [1.54, 1.807) is 30.3 Å². The fourth-order valence-corrected chi connectivity index (χ4v) is 1.82. The van der Waals surface area contributed by atoms with Gasteiger partial charge in [0.2, 0.25) is 0 Å². The number of benzene rings is 1. The number of halogens is 3. The lowest BCUT2D eigenvalue weighted by atomic mass is 10.2. The minimum absolute atomic E-state index is 0.209. The van der Waals surface area contributed by atoms with E-state index >= 15 is 0 Å². The maximum atomic E-state index is 12.3. The summed E-state index contributed by atoms with van der Waals surface area (Å²) < 4.78 is 41.8. The van der Waals surface area contributed by atoms with Crippen LogP contribution in [0.5, 0.6) is 5.75 Å². The second-order valence-corrected chi connectivity index (χ2v) is 4.31. The molecule has 1 aromatic heterocycles. The minimum atomic E-state index is -4.35. The lowest BCUT2D eigenvalue weighted by Crippen LogP contribution is -2.19. The van der Waals surface area contributed by atoms with E-state index in [2.05, 4.69) is 10.3 Å². The average molecular weight is 284 g/mol. The molecule has 0 saturated carbocycles. The molecular weight excluding hydrogens is 269 g/mol. The number of aromatic nitrogens is 1. The first-order valence-corrected chi connectivity index (χ1v) is 6.28. The van der Waals surface area contributed by atoms with Gasteiger partial charge in [-0.1, -0.05) is 19.1 Å². The molecule has 3 nitrogen and oxygen atoms in total. The number of rotatable bonds is 5. The molecule has 1 heterocycles. The van der Waals surface area contributed by atoms with Gasteiger partial charge in [-0.25, -0.2) is 0 Å². The molecular formula is C14H15F3N2O. The molecule has 2 aromatic rings. The molecule has 0 saturated heterocycles. The van der Waals surface area contributed by atoms with E-state index in [1.165, 1.54) is 0 Å². The van der Waals surface area contributed by atoms with Crippen molar-refractivity contribution in [1.29, 1.82) is 0 Å². The van der Waals surface area contributed by atoms with Gasteiger partial charge in [0, 0.05) is 18.0 Å². The summed E-state index contributed by atoms with van der Waals surface area (Å²) in [4.78, 5) is 4.39. The number of nitrogens with one attached hydrogen (secondary N) is 1. The Bertz CT molecular complexity index is 584. The molecule has 2 rings (SSSR count). The van der Waals surface area contributed by atoms with Gasteiger partial charge >= 0.3 is 6.18 Å². The largest absolute Gasteiger partial charge is 0.483 e. The lowest BCUT2D eigenvalue weighted by Gasteiger charge is -2.13. The van der Waals surface area contributed by atoms with Crippen LogP contribution in [0.4, 0.5) is 13.2 Å². The Labute approximate surface area is 114 Å². The van der Waals surface area contributed by atoms with Crippen LogP contribution < -0.4 is 10.1 Å². The number of pyridine rings is 1. The van der Waals surface area contributed by atoms with Crippen LogP contribution in [0, 0.1) is 0 Å². The van der Waals surface area contributed by atoms with Gasteiger partial charge in [0.25, 0.3) is 0 Å². The highest BCUT2D eigenvalue weighted by molar-refractivity contribution is 5.85. The topological polar surface area (TPSA) is 34.1 Å². The molecule has 20 heavy (non-hydrogen) atoms. The lowest BCUT2D eigenvalue weighted by molar-refractivity contribution is -0.153. The Balaban J connectivity index is 2.33. The first-order valence-electron chi connectivity index (χ1n) is 6.28. The Morgan fingerprint density at radius 3 is 2.70 bits per heavy atom.